The predicted molar refractivity (Wildman–Crippen MR) is 37.5 cm³/mol. The van der Waals surface area contributed by atoms with Crippen LogP contribution in [0.5, 0.6) is 0 Å². The Balaban J connectivity index is 2.45. The molecule has 0 aliphatic carbocycles. The highest BCUT2D eigenvalue weighted by Crippen LogP contribution is 2.15. The molecule has 11 heavy (non-hydrogen) atoms. The number of hydrogen-bond donors (Lipinski definition) is 0. The largest absolute Gasteiger partial charge is 0.364 e. The Labute approximate surface area is 69.5 Å². The third kappa shape index (κ3) is 1.16. The quantitative estimate of drug-likeness (QED) is 0.722. The minimum atomic E-state index is 0.339. The van der Waals surface area contributed by atoms with E-state index in [1.807, 2.05) is 0 Å². The Bertz CT molecular complexity index is 342. The first-order chi connectivity index (χ1) is 5.36. The van der Waals surface area contributed by atoms with E-state index in [1.165, 1.54) is 6.26 Å². The molecule has 2 heterocycles. The molecule has 0 radical (unpaired) electrons. The van der Waals surface area contributed by atoms with E-state index in [4.69, 9.17) is 4.52 Å². The highest BCUT2D eigenvalue weighted by molar-refractivity contribution is 9.10. The van der Waals surface area contributed by atoms with Crippen LogP contribution in [0, 0.1) is 0 Å². The first-order valence-electron chi connectivity index (χ1n) is 2.76. The summed E-state index contributed by atoms with van der Waals surface area (Å²) in [7, 11) is 0. The van der Waals surface area contributed by atoms with Gasteiger partial charge in [-0.1, -0.05) is 5.16 Å². The molecular formula is C5H2BrN3O2. The molecule has 0 saturated heterocycles. The van der Waals surface area contributed by atoms with Crippen LogP contribution >= 0.6 is 15.9 Å². The topological polar surface area (TPSA) is 65.0 Å². The Kier molecular flexibility index (Phi) is 1.46. The number of nitrogens with zero attached hydrogens (tertiary/aromatic N) is 3. The van der Waals surface area contributed by atoms with Crippen LogP contribution in [0.2, 0.25) is 0 Å². The summed E-state index contributed by atoms with van der Waals surface area (Å²) in [5.74, 6) is 0.339. The van der Waals surface area contributed by atoms with Crippen LogP contribution in [0.15, 0.2) is 26.1 Å². The summed E-state index contributed by atoms with van der Waals surface area (Å²) in [4.78, 5) is 3.87. The van der Waals surface area contributed by atoms with Crippen molar-refractivity contribution in [1.29, 1.82) is 0 Å². The van der Waals surface area contributed by atoms with Crippen LogP contribution in [0.3, 0.4) is 0 Å². The summed E-state index contributed by atoms with van der Waals surface area (Å²) < 4.78 is 9.76. The van der Waals surface area contributed by atoms with Gasteiger partial charge in [0.25, 0.3) is 5.89 Å². The number of aromatic nitrogens is 3. The van der Waals surface area contributed by atoms with Crippen molar-refractivity contribution in [3.8, 4) is 11.6 Å². The van der Waals surface area contributed by atoms with E-state index >= 15 is 0 Å². The van der Waals surface area contributed by atoms with Crippen molar-refractivity contribution in [2.75, 3.05) is 0 Å². The fourth-order valence-corrected chi connectivity index (χ4v) is 0.866. The van der Waals surface area contributed by atoms with Gasteiger partial charge in [0.2, 0.25) is 4.73 Å². The summed E-state index contributed by atoms with van der Waals surface area (Å²) in [5, 5.41) is 7.13. The zero-order valence-corrected chi connectivity index (χ0v) is 6.78. The molecule has 56 valence electrons. The van der Waals surface area contributed by atoms with Crippen molar-refractivity contribution in [2.45, 2.75) is 0 Å². The molecule has 0 spiro atoms. The molecule has 0 unspecified atom stereocenters. The fourth-order valence-electron chi connectivity index (χ4n) is 0.632. The van der Waals surface area contributed by atoms with Crippen molar-refractivity contribution >= 4 is 15.9 Å². The normalized spacial score (nSPS) is 10.3. The molecule has 0 aliphatic heterocycles. The van der Waals surface area contributed by atoms with Gasteiger partial charge in [0.15, 0.2) is 5.69 Å². The molecule has 0 aliphatic rings. The lowest BCUT2D eigenvalue weighted by Gasteiger charge is -1.77. The summed E-state index contributed by atoms with van der Waals surface area (Å²) in [6.07, 6.45) is 1.44. The van der Waals surface area contributed by atoms with Gasteiger partial charge in [-0.15, -0.1) is 0 Å². The molecule has 2 aromatic rings. The Morgan fingerprint density at radius 1 is 1.36 bits per heavy atom. The Morgan fingerprint density at radius 2 is 2.27 bits per heavy atom. The van der Waals surface area contributed by atoms with Gasteiger partial charge < -0.3 is 9.05 Å². The standard InChI is InChI=1S/C5H2BrN3O2/c6-5-7-4(11-9-5)3-1-2-10-8-3/h1-2H. The van der Waals surface area contributed by atoms with Crippen LogP contribution in [0.1, 0.15) is 0 Å². The second kappa shape index (κ2) is 2.46. The summed E-state index contributed by atoms with van der Waals surface area (Å²) in [5.41, 5.74) is 0.531. The molecule has 5 nitrogen and oxygen atoms in total. The van der Waals surface area contributed by atoms with Gasteiger partial charge in [-0.3, -0.25) is 0 Å². The maximum absolute atomic E-state index is 4.78. The van der Waals surface area contributed by atoms with Crippen molar-refractivity contribution in [3.63, 3.8) is 0 Å². The number of hydrogen-bond acceptors (Lipinski definition) is 5. The van der Waals surface area contributed by atoms with E-state index < -0.39 is 0 Å². The second-order valence-corrected chi connectivity index (χ2v) is 2.46. The summed E-state index contributed by atoms with van der Waals surface area (Å²) in [6.45, 7) is 0. The van der Waals surface area contributed by atoms with Gasteiger partial charge in [0.05, 0.1) is 0 Å². The minimum absolute atomic E-state index is 0.339. The SMILES string of the molecule is Brc1noc(-c2ccon2)n1. The van der Waals surface area contributed by atoms with Crippen molar-refractivity contribution in [3.05, 3.63) is 17.1 Å². The maximum atomic E-state index is 4.78. The molecule has 0 N–H and O–H groups in total. The van der Waals surface area contributed by atoms with Gasteiger partial charge in [0, 0.05) is 6.07 Å². The zero-order valence-electron chi connectivity index (χ0n) is 5.19. The Morgan fingerprint density at radius 3 is 2.82 bits per heavy atom. The van der Waals surface area contributed by atoms with E-state index in [0.29, 0.717) is 16.3 Å². The highest BCUT2D eigenvalue weighted by Gasteiger charge is 2.08. The summed E-state index contributed by atoms with van der Waals surface area (Å²) >= 11 is 3.04. The molecule has 2 rings (SSSR count). The van der Waals surface area contributed by atoms with E-state index in [1.54, 1.807) is 6.07 Å². The van der Waals surface area contributed by atoms with Crippen LogP contribution in [-0.4, -0.2) is 15.3 Å². The first-order valence-corrected chi connectivity index (χ1v) is 3.55. The molecule has 0 saturated carbocycles. The van der Waals surface area contributed by atoms with Crippen LogP contribution < -0.4 is 0 Å². The molecule has 6 heteroatoms. The second-order valence-electron chi connectivity index (χ2n) is 1.75. The van der Waals surface area contributed by atoms with Crippen LogP contribution in [0.25, 0.3) is 11.6 Å². The summed E-state index contributed by atoms with van der Waals surface area (Å²) in [6, 6.07) is 1.64. The Hall–Kier alpha value is -1.17. The van der Waals surface area contributed by atoms with Crippen molar-refractivity contribution in [2.24, 2.45) is 0 Å². The lowest BCUT2D eigenvalue weighted by molar-refractivity contribution is 0.403. The molecule has 2 aromatic heterocycles. The predicted octanol–water partition coefficient (Wildman–Crippen LogP) is 1.49. The monoisotopic (exact) mass is 215 g/mol. The third-order valence-electron chi connectivity index (χ3n) is 1.06. The van der Waals surface area contributed by atoms with E-state index in [-0.39, 0.29) is 0 Å². The smallest absolute Gasteiger partial charge is 0.280 e. The lowest BCUT2D eigenvalue weighted by Crippen LogP contribution is -1.74. The fraction of sp³-hybridized carbons (Fsp3) is 0. The van der Waals surface area contributed by atoms with E-state index in [2.05, 4.69) is 35.8 Å². The zero-order chi connectivity index (χ0) is 7.68. The average Bonchev–Trinajstić information content (AvgIpc) is 2.55. The molecule has 0 fully saturated rings. The number of rotatable bonds is 1. The van der Waals surface area contributed by atoms with E-state index in [0.717, 1.165) is 0 Å². The van der Waals surface area contributed by atoms with Gasteiger partial charge in [-0.25, -0.2) is 0 Å². The minimum Gasteiger partial charge on any atom is -0.364 e. The van der Waals surface area contributed by atoms with Crippen molar-refractivity contribution in [1.82, 2.24) is 15.3 Å². The highest BCUT2D eigenvalue weighted by atomic mass is 79.9. The maximum Gasteiger partial charge on any atom is 0.280 e. The lowest BCUT2D eigenvalue weighted by atomic mass is 10.4. The van der Waals surface area contributed by atoms with Crippen LogP contribution in [0.4, 0.5) is 0 Å². The van der Waals surface area contributed by atoms with Gasteiger partial charge >= 0.3 is 0 Å². The third-order valence-corrected chi connectivity index (χ3v) is 1.38. The van der Waals surface area contributed by atoms with E-state index in [9.17, 15) is 0 Å². The average molecular weight is 216 g/mol. The molecule has 0 amide bonds. The molecular weight excluding hydrogens is 214 g/mol. The van der Waals surface area contributed by atoms with Crippen molar-refractivity contribution < 1.29 is 9.05 Å². The molecule has 0 aromatic carbocycles. The first kappa shape index (κ1) is 6.53. The van der Waals surface area contributed by atoms with Gasteiger partial charge in [-0.2, -0.15) is 4.98 Å². The molecule has 0 bridgehead atoms. The molecule has 0 atom stereocenters. The number of halogens is 1. The van der Waals surface area contributed by atoms with Crippen LogP contribution in [-0.2, 0) is 0 Å². The van der Waals surface area contributed by atoms with Gasteiger partial charge in [-0.05, 0) is 21.1 Å². The van der Waals surface area contributed by atoms with Gasteiger partial charge in [0.1, 0.15) is 6.26 Å².